The highest BCUT2D eigenvalue weighted by atomic mass is 35.5. The van der Waals surface area contributed by atoms with E-state index in [1.165, 1.54) is 10.4 Å². The Morgan fingerprint density at radius 1 is 1.50 bits per heavy atom. The van der Waals surface area contributed by atoms with Crippen LogP contribution >= 0.6 is 11.6 Å². The van der Waals surface area contributed by atoms with Gasteiger partial charge >= 0.3 is 0 Å². The topological polar surface area (TPSA) is 92.5 Å². The molecule has 0 aromatic heterocycles. The third-order valence-corrected chi connectivity index (χ3v) is 5.42. The van der Waals surface area contributed by atoms with Gasteiger partial charge in [0.2, 0.25) is 10.0 Å². The van der Waals surface area contributed by atoms with Crippen LogP contribution in [0.15, 0.2) is 23.1 Å². The van der Waals surface area contributed by atoms with Crippen LogP contribution in [-0.2, 0) is 10.0 Å². The lowest BCUT2D eigenvalue weighted by Crippen LogP contribution is -2.51. The fourth-order valence-corrected chi connectivity index (χ4v) is 4.11. The van der Waals surface area contributed by atoms with Gasteiger partial charge in [-0.1, -0.05) is 11.6 Å². The summed E-state index contributed by atoms with van der Waals surface area (Å²) in [7, 11) is -3.73. The van der Waals surface area contributed by atoms with Gasteiger partial charge in [-0.15, -0.1) is 0 Å². The average Bonchev–Trinajstić information content (AvgIpc) is 2.38. The molecular formula is C11H14ClN3O4S. The zero-order valence-corrected chi connectivity index (χ0v) is 12.3. The van der Waals surface area contributed by atoms with Crippen LogP contribution in [0.1, 0.15) is 6.92 Å². The SMILES string of the molecule is CC1CN(S(=O)(=O)c2ccc([N+](=O)[O-])cc2Cl)CCN1. The molecule has 1 fully saturated rings. The summed E-state index contributed by atoms with van der Waals surface area (Å²) in [6, 6.07) is 3.43. The summed E-state index contributed by atoms with van der Waals surface area (Å²) >= 11 is 5.89. The van der Waals surface area contributed by atoms with Crippen molar-refractivity contribution in [3.63, 3.8) is 0 Å². The van der Waals surface area contributed by atoms with Gasteiger partial charge in [0.1, 0.15) is 4.90 Å². The number of nitro groups is 1. The summed E-state index contributed by atoms with van der Waals surface area (Å²) in [5.41, 5.74) is -0.234. The number of piperazine rings is 1. The second-order valence-electron chi connectivity index (χ2n) is 4.59. The molecule has 0 aliphatic carbocycles. The van der Waals surface area contributed by atoms with Crippen LogP contribution in [0, 0.1) is 10.1 Å². The van der Waals surface area contributed by atoms with E-state index in [0.29, 0.717) is 19.6 Å². The molecule has 0 radical (unpaired) electrons. The van der Waals surface area contributed by atoms with Crippen molar-refractivity contribution in [2.24, 2.45) is 0 Å². The maximum Gasteiger partial charge on any atom is 0.271 e. The van der Waals surface area contributed by atoms with Crippen LogP contribution in [0.5, 0.6) is 0 Å². The highest BCUT2D eigenvalue weighted by Gasteiger charge is 2.30. The third-order valence-electron chi connectivity index (χ3n) is 3.08. The van der Waals surface area contributed by atoms with Gasteiger partial charge in [-0.25, -0.2) is 8.42 Å². The molecule has 110 valence electrons. The molecule has 1 atom stereocenters. The van der Waals surface area contributed by atoms with Crippen molar-refractivity contribution in [3.05, 3.63) is 33.3 Å². The van der Waals surface area contributed by atoms with Crippen molar-refractivity contribution in [1.82, 2.24) is 9.62 Å². The van der Waals surface area contributed by atoms with Gasteiger partial charge < -0.3 is 5.32 Å². The molecule has 1 saturated heterocycles. The smallest absolute Gasteiger partial charge is 0.271 e. The van der Waals surface area contributed by atoms with Crippen LogP contribution in [0.3, 0.4) is 0 Å². The van der Waals surface area contributed by atoms with E-state index >= 15 is 0 Å². The minimum atomic E-state index is -3.73. The monoisotopic (exact) mass is 319 g/mol. The van der Waals surface area contributed by atoms with Gasteiger partial charge in [0.05, 0.1) is 9.95 Å². The Bertz CT molecular complexity index is 635. The molecule has 1 aliphatic heterocycles. The number of rotatable bonds is 3. The first kappa shape index (κ1) is 15.2. The summed E-state index contributed by atoms with van der Waals surface area (Å²) in [5.74, 6) is 0. The zero-order valence-electron chi connectivity index (χ0n) is 10.7. The minimum Gasteiger partial charge on any atom is -0.312 e. The van der Waals surface area contributed by atoms with Crippen molar-refractivity contribution in [3.8, 4) is 0 Å². The number of non-ortho nitro benzene ring substituents is 1. The van der Waals surface area contributed by atoms with E-state index in [0.717, 1.165) is 12.1 Å². The van der Waals surface area contributed by atoms with Crippen LogP contribution in [0.25, 0.3) is 0 Å². The van der Waals surface area contributed by atoms with Crippen LogP contribution in [-0.4, -0.2) is 43.3 Å². The van der Waals surface area contributed by atoms with E-state index in [1.54, 1.807) is 0 Å². The lowest BCUT2D eigenvalue weighted by molar-refractivity contribution is -0.384. The van der Waals surface area contributed by atoms with Crippen molar-refractivity contribution >= 4 is 27.3 Å². The highest BCUT2D eigenvalue weighted by Crippen LogP contribution is 2.28. The summed E-state index contributed by atoms with van der Waals surface area (Å²) in [6.07, 6.45) is 0. The Morgan fingerprint density at radius 2 is 2.20 bits per heavy atom. The largest absolute Gasteiger partial charge is 0.312 e. The molecule has 0 amide bonds. The normalized spacial score (nSPS) is 20.8. The first-order valence-electron chi connectivity index (χ1n) is 6.00. The number of nitrogens with zero attached hydrogens (tertiary/aromatic N) is 2. The van der Waals surface area contributed by atoms with Gasteiger partial charge in [-0.05, 0) is 13.0 Å². The Hall–Kier alpha value is -1.22. The maximum absolute atomic E-state index is 12.5. The van der Waals surface area contributed by atoms with Gasteiger partial charge in [0, 0.05) is 37.8 Å². The predicted molar refractivity (Wildman–Crippen MR) is 74.3 cm³/mol. The van der Waals surface area contributed by atoms with E-state index in [4.69, 9.17) is 11.6 Å². The molecule has 9 heteroatoms. The number of halogens is 1. The molecule has 0 spiro atoms. The number of hydrogen-bond donors (Lipinski definition) is 1. The number of nitrogens with one attached hydrogen (secondary N) is 1. The van der Waals surface area contributed by atoms with Crippen LogP contribution in [0.4, 0.5) is 5.69 Å². The van der Waals surface area contributed by atoms with E-state index < -0.39 is 14.9 Å². The number of sulfonamides is 1. The average molecular weight is 320 g/mol. The fraction of sp³-hybridized carbons (Fsp3) is 0.455. The molecular weight excluding hydrogens is 306 g/mol. The van der Waals surface area contributed by atoms with Gasteiger partial charge in [-0.3, -0.25) is 10.1 Å². The summed E-state index contributed by atoms with van der Waals surface area (Å²) in [6.45, 7) is 3.14. The third kappa shape index (κ3) is 2.93. The fourth-order valence-electron chi connectivity index (χ4n) is 2.07. The number of nitro benzene ring substituents is 1. The molecule has 2 rings (SSSR count). The summed E-state index contributed by atoms with van der Waals surface area (Å²) in [5, 5.41) is 13.6. The molecule has 20 heavy (non-hydrogen) atoms. The quantitative estimate of drug-likeness (QED) is 0.668. The van der Waals surface area contributed by atoms with Crippen molar-refractivity contribution in [1.29, 1.82) is 0 Å². The molecule has 1 aliphatic rings. The first-order chi connectivity index (χ1) is 9.32. The van der Waals surface area contributed by atoms with Gasteiger partial charge in [0.25, 0.3) is 5.69 Å². The Kier molecular flexibility index (Phi) is 4.28. The number of benzene rings is 1. The molecule has 1 heterocycles. The standard InChI is InChI=1S/C11H14ClN3O4S/c1-8-7-14(5-4-13-8)20(18,19)11-3-2-9(15(16)17)6-10(11)12/h2-3,6,8,13H,4-5,7H2,1H3. The van der Waals surface area contributed by atoms with E-state index in [1.807, 2.05) is 6.92 Å². The van der Waals surface area contributed by atoms with Crippen molar-refractivity contribution in [2.45, 2.75) is 17.9 Å². The molecule has 1 aromatic carbocycles. The van der Waals surface area contributed by atoms with Gasteiger partial charge in [0.15, 0.2) is 0 Å². The summed E-state index contributed by atoms with van der Waals surface area (Å²) < 4.78 is 26.3. The van der Waals surface area contributed by atoms with Crippen molar-refractivity contribution in [2.75, 3.05) is 19.6 Å². The number of hydrogen-bond acceptors (Lipinski definition) is 5. The Morgan fingerprint density at radius 3 is 2.75 bits per heavy atom. The second-order valence-corrected chi connectivity index (χ2v) is 6.90. The predicted octanol–water partition coefficient (Wildman–Crippen LogP) is 1.23. The lowest BCUT2D eigenvalue weighted by atomic mass is 10.3. The highest BCUT2D eigenvalue weighted by molar-refractivity contribution is 7.89. The second kappa shape index (κ2) is 5.65. The molecule has 1 unspecified atom stereocenters. The lowest BCUT2D eigenvalue weighted by Gasteiger charge is -2.31. The van der Waals surface area contributed by atoms with Crippen LogP contribution < -0.4 is 5.32 Å². The Balaban J connectivity index is 2.36. The Labute approximate surface area is 121 Å². The minimum absolute atomic E-state index is 0.0512. The van der Waals surface area contributed by atoms with Crippen molar-refractivity contribution < 1.29 is 13.3 Å². The molecule has 1 aromatic rings. The molecule has 0 saturated carbocycles. The van der Waals surface area contributed by atoms with Gasteiger partial charge in [-0.2, -0.15) is 4.31 Å². The molecule has 0 bridgehead atoms. The summed E-state index contributed by atoms with van der Waals surface area (Å²) in [4.78, 5) is 9.92. The zero-order chi connectivity index (χ0) is 14.9. The van der Waals surface area contributed by atoms with E-state index in [9.17, 15) is 18.5 Å². The molecule has 7 nitrogen and oxygen atoms in total. The molecule has 1 N–H and O–H groups in total. The van der Waals surface area contributed by atoms with E-state index in [2.05, 4.69) is 5.32 Å². The first-order valence-corrected chi connectivity index (χ1v) is 7.81. The van der Waals surface area contributed by atoms with E-state index in [-0.39, 0.29) is 21.6 Å². The maximum atomic E-state index is 12.5. The van der Waals surface area contributed by atoms with Crippen LogP contribution in [0.2, 0.25) is 5.02 Å².